The summed E-state index contributed by atoms with van der Waals surface area (Å²) < 4.78 is 1.54. The summed E-state index contributed by atoms with van der Waals surface area (Å²) >= 11 is 0. The van der Waals surface area contributed by atoms with Crippen LogP contribution in [-0.4, -0.2) is 47.7 Å². The largest absolute Gasteiger partial charge is 0.477 e. The minimum absolute atomic E-state index is 0.0474. The Labute approximate surface area is 118 Å². The minimum atomic E-state index is -1.12. The summed E-state index contributed by atoms with van der Waals surface area (Å²) in [6, 6.07) is 0. The summed E-state index contributed by atoms with van der Waals surface area (Å²) in [7, 11) is 3.95. The van der Waals surface area contributed by atoms with Crippen molar-refractivity contribution in [3.8, 4) is 0 Å². The molecule has 0 saturated carbocycles. The van der Waals surface area contributed by atoms with Crippen LogP contribution in [0.3, 0.4) is 0 Å². The first kappa shape index (κ1) is 14.7. The van der Waals surface area contributed by atoms with Crippen LogP contribution in [0.1, 0.15) is 27.9 Å². The molecule has 6 heteroatoms. The number of aromatic carboxylic acids is 1. The molecule has 0 unspecified atom stereocenters. The Bertz CT molecular complexity index is 564. The van der Waals surface area contributed by atoms with Gasteiger partial charge in [-0.25, -0.2) is 4.79 Å². The highest BCUT2D eigenvalue weighted by Gasteiger charge is 2.22. The van der Waals surface area contributed by atoms with Crippen molar-refractivity contribution in [1.82, 2.24) is 14.8 Å². The quantitative estimate of drug-likeness (QED) is 0.802. The number of carbonyl (C=O) groups is 1. The van der Waals surface area contributed by atoms with E-state index in [1.807, 2.05) is 25.2 Å². The zero-order chi connectivity index (χ0) is 14.7. The summed E-state index contributed by atoms with van der Waals surface area (Å²) in [5, 5.41) is 12.5. The average molecular weight is 279 g/mol. The van der Waals surface area contributed by atoms with E-state index in [1.54, 1.807) is 4.57 Å². The number of carboxylic acids is 1. The lowest BCUT2D eigenvalue weighted by molar-refractivity contribution is 0.0692. The maximum Gasteiger partial charge on any atom is 0.341 e. The molecule has 1 aromatic rings. The van der Waals surface area contributed by atoms with Crippen molar-refractivity contribution in [2.45, 2.75) is 25.9 Å². The summed E-state index contributed by atoms with van der Waals surface area (Å²) in [6.45, 7) is 2.76. The molecule has 0 amide bonds. The van der Waals surface area contributed by atoms with Crippen molar-refractivity contribution in [3.63, 3.8) is 0 Å². The van der Waals surface area contributed by atoms with E-state index in [0.717, 1.165) is 25.1 Å². The Kier molecular flexibility index (Phi) is 4.57. The molecule has 110 valence electrons. The molecule has 0 spiro atoms. The van der Waals surface area contributed by atoms with E-state index in [1.165, 1.54) is 0 Å². The summed E-state index contributed by atoms with van der Waals surface area (Å²) in [5.41, 5.74) is 1.20. The molecule has 0 bridgehead atoms. The Morgan fingerprint density at radius 3 is 2.90 bits per heavy atom. The molecule has 1 aliphatic rings. The first-order chi connectivity index (χ1) is 9.50. The van der Waals surface area contributed by atoms with Crippen molar-refractivity contribution in [3.05, 3.63) is 33.2 Å². The predicted octanol–water partition coefficient (Wildman–Crippen LogP) is 0.144. The van der Waals surface area contributed by atoms with Gasteiger partial charge >= 0.3 is 5.97 Å². The van der Waals surface area contributed by atoms with Crippen molar-refractivity contribution in [2.24, 2.45) is 0 Å². The van der Waals surface area contributed by atoms with Gasteiger partial charge in [0, 0.05) is 19.3 Å². The fourth-order valence-corrected chi connectivity index (χ4v) is 2.58. The van der Waals surface area contributed by atoms with Gasteiger partial charge in [-0.3, -0.25) is 4.79 Å². The number of hydrogen-bond acceptors (Lipinski definition) is 4. The third kappa shape index (κ3) is 3.08. The van der Waals surface area contributed by atoms with Gasteiger partial charge in [-0.1, -0.05) is 0 Å². The SMILES string of the molecule is CN(C)CCCn1cc2c(c(C(=O)O)c1=O)CCNC2. The van der Waals surface area contributed by atoms with Gasteiger partial charge in [0.25, 0.3) is 5.56 Å². The highest BCUT2D eigenvalue weighted by atomic mass is 16.4. The number of nitrogens with one attached hydrogen (secondary N) is 1. The molecule has 0 atom stereocenters. The minimum Gasteiger partial charge on any atom is -0.477 e. The Balaban J connectivity index is 2.35. The zero-order valence-electron chi connectivity index (χ0n) is 12.0. The van der Waals surface area contributed by atoms with Gasteiger partial charge < -0.3 is 19.9 Å². The number of fused-ring (bicyclic) bond motifs is 1. The van der Waals surface area contributed by atoms with Crippen LogP contribution >= 0.6 is 0 Å². The number of pyridine rings is 1. The van der Waals surface area contributed by atoms with Crippen molar-refractivity contribution in [1.29, 1.82) is 0 Å². The van der Waals surface area contributed by atoms with Gasteiger partial charge in [0.1, 0.15) is 5.56 Å². The molecule has 0 aliphatic carbocycles. The predicted molar refractivity (Wildman–Crippen MR) is 76.2 cm³/mol. The molecule has 0 saturated heterocycles. The van der Waals surface area contributed by atoms with Crippen LogP contribution in [0.15, 0.2) is 11.0 Å². The third-order valence-electron chi connectivity index (χ3n) is 3.56. The van der Waals surface area contributed by atoms with Crippen LogP contribution in [0.4, 0.5) is 0 Å². The first-order valence-electron chi connectivity index (χ1n) is 6.84. The van der Waals surface area contributed by atoms with E-state index in [0.29, 0.717) is 25.1 Å². The van der Waals surface area contributed by atoms with Crippen molar-refractivity contribution < 1.29 is 9.90 Å². The van der Waals surface area contributed by atoms with Crippen molar-refractivity contribution >= 4 is 5.97 Å². The van der Waals surface area contributed by atoms with Crippen LogP contribution in [0, 0.1) is 0 Å². The molecular weight excluding hydrogens is 258 g/mol. The monoisotopic (exact) mass is 279 g/mol. The summed E-state index contributed by atoms with van der Waals surface area (Å²) in [6.07, 6.45) is 3.23. The lowest BCUT2D eigenvalue weighted by atomic mass is 9.98. The highest BCUT2D eigenvalue weighted by molar-refractivity contribution is 5.89. The summed E-state index contributed by atoms with van der Waals surface area (Å²) in [5.74, 6) is -1.12. The average Bonchev–Trinajstić information content (AvgIpc) is 2.38. The Morgan fingerprint density at radius 2 is 2.25 bits per heavy atom. The number of aryl methyl sites for hydroxylation is 1. The molecule has 20 heavy (non-hydrogen) atoms. The maximum absolute atomic E-state index is 12.3. The van der Waals surface area contributed by atoms with E-state index < -0.39 is 5.97 Å². The fraction of sp³-hybridized carbons (Fsp3) is 0.571. The van der Waals surface area contributed by atoms with E-state index >= 15 is 0 Å². The first-order valence-corrected chi connectivity index (χ1v) is 6.84. The molecule has 1 aromatic heterocycles. The summed E-state index contributed by atoms with van der Waals surface area (Å²) in [4.78, 5) is 25.7. The van der Waals surface area contributed by atoms with E-state index in [2.05, 4.69) is 5.32 Å². The number of carboxylic acid groups (broad SMARTS) is 1. The van der Waals surface area contributed by atoms with Crippen LogP contribution in [0.5, 0.6) is 0 Å². The van der Waals surface area contributed by atoms with Crippen LogP contribution < -0.4 is 10.9 Å². The smallest absolute Gasteiger partial charge is 0.341 e. The molecule has 0 fully saturated rings. The molecule has 0 radical (unpaired) electrons. The second-order valence-electron chi connectivity index (χ2n) is 5.40. The second kappa shape index (κ2) is 6.19. The fourth-order valence-electron chi connectivity index (χ4n) is 2.58. The molecule has 6 nitrogen and oxygen atoms in total. The molecule has 2 rings (SSSR count). The lowest BCUT2D eigenvalue weighted by Gasteiger charge is -2.21. The Morgan fingerprint density at radius 1 is 1.50 bits per heavy atom. The molecular formula is C14H21N3O3. The van der Waals surface area contributed by atoms with E-state index in [-0.39, 0.29) is 11.1 Å². The van der Waals surface area contributed by atoms with Gasteiger partial charge in [-0.15, -0.1) is 0 Å². The van der Waals surface area contributed by atoms with Crippen LogP contribution in [0.25, 0.3) is 0 Å². The number of rotatable bonds is 5. The number of aromatic nitrogens is 1. The number of nitrogens with zero attached hydrogens (tertiary/aromatic N) is 2. The molecule has 1 aliphatic heterocycles. The Hall–Kier alpha value is -1.66. The maximum atomic E-state index is 12.3. The lowest BCUT2D eigenvalue weighted by Crippen LogP contribution is -2.34. The third-order valence-corrected chi connectivity index (χ3v) is 3.56. The molecule has 2 N–H and O–H groups in total. The second-order valence-corrected chi connectivity index (χ2v) is 5.40. The standard InChI is InChI=1S/C14H21N3O3/c1-16(2)6-3-7-17-9-10-8-15-5-4-11(10)12(13(17)18)14(19)20/h9,15H,3-8H2,1-2H3,(H,19,20). The van der Waals surface area contributed by atoms with Crippen LogP contribution in [0.2, 0.25) is 0 Å². The van der Waals surface area contributed by atoms with Crippen molar-refractivity contribution in [2.75, 3.05) is 27.2 Å². The van der Waals surface area contributed by atoms with E-state index in [9.17, 15) is 14.7 Å². The van der Waals surface area contributed by atoms with Gasteiger partial charge in [0.15, 0.2) is 0 Å². The van der Waals surface area contributed by atoms with E-state index in [4.69, 9.17) is 0 Å². The highest BCUT2D eigenvalue weighted by Crippen LogP contribution is 2.16. The van der Waals surface area contributed by atoms with Gasteiger partial charge in [0.05, 0.1) is 0 Å². The molecule has 0 aromatic carbocycles. The van der Waals surface area contributed by atoms with Crippen LogP contribution in [-0.2, 0) is 19.5 Å². The van der Waals surface area contributed by atoms with Gasteiger partial charge in [-0.05, 0) is 51.2 Å². The van der Waals surface area contributed by atoms with Gasteiger partial charge in [-0.2, -0.15) is 0 Å². The normalized spacial score (nSPS) is 14.3. The zero-order valence-corrected chi connectivity index (χ0v) is 12.0. The topological polar surface area (TPSA) is 74.6 Å². The van der Waals surface area contributed by atoms with Gasteiger partial charge in [0.2, 0.25) is 0 Å². The molecule has 2 heterocycles. The number of hydrogen-bond donors (Lipinski definition) is 2.